The highest BCUT2D eigenvalue weighted by Crippen LogP contribution is 2.23. The lowest BCUT2D eigenvalue weighted by Crippen LogP contribution is -2.25. The van der Waals surface area contributed by atoms with Gasteiger partial charge in [0.15, 0.2) is 0 Å². The number of hydrogen-bond acceptors (Lipinski definition) is 9. The third-order valence-corrected chi connectivity index (χ3v) is 5.84. The number of carbonyl (C=O) groups is 1. The summed E-state index contributed by atoms with van der Waals surface area (Å²) >= 11 is 0. The minimum Gasteiger partial charge on any atom is -0.480 e. The molecule has 0 unspecified atom stereocenters. The van der Waals surface area contributed by atoms with Crippen molar-refractivity contribution in [3.8, 4) is 5.82 Å². The predicted molar refractivity (Wildman–Crippen MR) is 149 cm³/mol. The molecule has 0 radical (unpaired) electrons. The van der Waals surface area contributed by atoms with Crippen molar-refractivity contribution < 1.29 is 28.8 Å². The largest absolute Gasteiger partial charge is 0.480 e. The number of pyridine rings is 2. The van der Waals surface area contributed by atoms with Crippen LogP contribution < -0.4 is 10.6 Å². The molecule has 39 heavy (non-hydrogen) atoms. The van der Waals surface area contributed by atoms with Crippen LogP contribution in [-0.2, 0) is 23.7 Å². The first-order valence-corrected chi connectivity index (χ1v) is 13.0. The normalized spacial score (nSPS) is 11.4. The zero-order chi connectivity index (χ0) is 27.1. The average Bonchev–Trinajstić information content (AvgIpc) is 3.38. The van der Waals surface area contributed by atoms with Crippen LogP contribution in [-0.4, -0.2) is 98.1 Å². The molecule has 0 saturated carbocycles. The molecule has 208 valence electrons. The van der Waals surface area contributed by atoms with Gasteiger partial charge in [0.25, 0.3) is 0 Å². The van der Waals surface area contributed by atoms with E-state index in [4.69, 9.17) is 24.1 Å². The number of fused-ring (bicyclic) bond motifs is 2. The zero-order valence-electron chi connectivity index (χ0n) is 21.9. The van der Waals surface area contributed by atoms with Gasteiger partial charge in [-0.15, -0.1) is 0 Å². The third kappa shape index (κ3) is 9.27. The fourth-order valence-corrected chi connectivity index (χ4v) is 3.93. The van der Waals surface area contributed by atoms with Gasteiger partial charge >= 0.3 is 5.97 Å². The number of nitrogens with zero attached hydrogens (tertiary/aromatic N) is 3. The molecule has 3 heterocycles. The van der Waals surface area contributed by atoms with Gasteiger partial charge in [0.2, 0.25) is 0 Å². The summed E-state index contributed by atoms with van der Waals surface area (Å²) in [5, 5.41) is 18.3. The van der Waals surface area contributed by atoms with Crippen LogP contribution in [0.25, 0.3) is 27.5 Å². The highest BCUT2D eigenvalue weighted by atomic mass is 16.5. The second kappa shape index (κ2) is 15.7. The molecule has 0 aliphatic carbocycles. The molecule has 0 aliphatic heterocycles. The summed E-state index contributed by atoms with van der Waals surface area (Å²) in [6, 6.07) is 12.4. The molecule has 0 amide bonds. The van der Waals surface area contributed by atoms with Crippen molar-refractivity contribution in [3.05, 3.63) is 61.2 Å². The van der Waals surface area contributed by atoms with Crippen molar-refractivity contribution >= 4 is 33.3 Å². The molecule has 1 aromatic carbocycles. The van der Waals surface area contributed by atoms with E-state index in [0.29, 0.717) is 65.9 Å². The molecular formula is C28H35N5O6. The number of nitrogens with one attached hydrogen (secondary N) is 2. The van der Waals surface area contributed by atoms with Crippen LogP contribution in [0.15, 0.2) is 61.2 Å². The molecular weight excluding hydrogens is 502 g/mol. The van der Waals surface area contributed by atoms with Crippen LogP contribution in [0.5, 0.6) is 0 Å². The van der Waals surface area contributed by atoms with Gasteiger partial charge < -0.3 is 34.7 Å². The van der Waals surface area contributed by atoms with Crippen LogP contribution in [0.3, 0.4) is 0 Å². The SMILES string of the molecule is O=C(O)COCCNCCOCCOCCOCCNc1ccc2cc(-n3ccc4ccncc43)ncc2c1. The Hall–Kier alpha value is -3.61. The van der Waals surface area contributed by atoms with E-state index in [1.165, 1.54) is 0 Å². The molecule has 0 aliphatic rings. The molecule has 0 fully saturated rings. The van der Waals surface area contributed by atoms with Crippen molar-refractivity contribution in [2.24, 2.45) is 0 Å². The first kappa shape index (κ1) is 28.4. The highest BCUT2D eigenvalue weighted by Gasteiger charge is 2.06. The molecule has 3 N–H and O–H groups in total. The Morgan fingerprint density at radius 2 is 1.54 bits per heavy atom. The van der Waals surface area contributed by atoms with E-state index in [1.54, 1.807) is 6.20 Å². The number of carboxylic acid groups (broad SMARTS) is 1. The lowest BCUT2D eigenvalue weighted by molar-refractivity contribution is -0.142. The van der Waals surface area contributed by atoms with Crippen LogP contribution in [0.2, 0.25) is 0 Å². The van der Waals surface area contributed by atoms with Gasteiger partial charge in [-0.2, -0.15) is 0 Å². The quantitative estimate of drug-likeness (QED) is 0.154. The minimum atomic E-state index is -0.963. The summed E-state index contributed by atoms with van der Waals surface area (Å²) in [4.78, 5) is 19.2. The third-order valence-electron chi connectivity index (χ3n) is 5.84. The predicted octanol–water partition coefficient (Wildman–Crippen LogP) is 2.73. The number of hydrogen-bond donors (Lipinski definition) is 3. The number of aromatic nitrogens is 3. The van der Waals surface area contributed by atoms with Crippen molar-refractivity contribution in [1.82, 2.24) is 19.9 Å². The molecule has 11 heteroatoms. The van der Waals surface area contributed by atoms with E-state index >= 15 is 0 Å². The van der Waals surface area contributed by atoms with Gasteiger partial charge in [-0.25, -0.2) is 9.78 Å². The minimum absolute atomic E-state index is 0.272. The second-order valence-corrected chi connectivity index (χ2v) is 8.68. The Balaban J connectivity index is 1.03. The number of aliphatic carboxylic acids is 1. The number of benzene rings is 1. The van der Waals surface area contributed by atoms with E-state index < -0.39 is 5.97 Å². The van der Waals surface area contributed by atoms with E-state index in [-0.39, 0.29) is 6.61 Å². The molecule has 4 rings (SSSR count). The van der Waals surface area contributed by atoms with Crippen LogP contribution in [0.1, 0.15) is 0 Å². The maximum absolute atomic E-state index is 10.3. The fourth-order valence-electron chi connectivity index (χ4n) is 3.93. The van der Waals surface area contributed by atoms with E-state index in [1.807, 2.05) is 29.2 Å². The number of carboxylic acids is 1. The summed E-state index contributed by atoms with van der Waals surface area (Å²) in [6.07, 6.45) is 7.56. The lowest BCUT2D eigenvalue weighted by atomic mass is 10.1. The summed E-state index contributed by atoms with van der Waals surface area (Å²) in [5.74, 6) is -0.0992. The number of rotatable bonds is 19. The van der Waals surface area contributed by atoms with Crippen LogP contribution in [0, 0.1) is 0 Å². The van der Waals surface area contributed by atoms with Crippen molar-refractivity contribution in [2.75, 3.05) is 77.8 Å². The standard InChI is InChI=1S/C28H35N5O6/c34-28(35)21-39-11-7-29-6-10-36-13-15-38-16-14-37-12-8-31-25-2-1-23-18-27(32-19-24(23)17-25)33-9-4-22-3-5-30-20-26(22)33/h1-5,9,17-20,29,31H,6-8,10-16,21H2,(H,34,35). The first-order chi connectivity index (χ1) is 19.2. The van der Waals surface area contributed by atoms with E-state index in [0.717, 1.165) is 33.2 Å². The van der Waals surface area contributed by atoms with E-state index in [9.17, 15) is 4.79 Å². The van der Waals surface area contributed by atoms with Gasteiger partial charge in [-0.3, -0.25) is 9.55 Å². The van der Waals surface area contributed by atoms with Gasteiger partial charge in [0.05, 0.1) is 58.0 Å². The Bertz CT molecular complexity index is 1310. The lowest BCUT2D eigenvalue weighted by Gasteiger charge is -2.10. The molecule has 0 saturated heterocycles. The maximum Gasteiger partial charge on any atom is 0.329 e. The van der Waals surface area contributed by atoms with Gasteiger partial charge in [-0.1, -0.05) is 6.07 Å². The summed E-state index contributed by atoms with van der Waals surface area (Å²) < 4.78 is 23.6. The Morgan fingerprint density at radius 3 is 2.33 bits per heavy atom. The van der Waals surface area contributed by atoms with Crippen molar-refractivity contribution in [3.63, 3.8) is 0 Å². The molecule has 0 bridgehead atoms. The van der Waals surface area contributed by atoms with Crippen molar-refractivity contribution in [1.29, 1.82) is 0 Å². The summed E-state index contributed by atoms with van der Waals surface area (Å²) in [7, 11) is 0. The number of ether oxygens (including phenoxy) is 4. The number of anilines is 1. The monoisotopic (exact) mass is 537 g/mol. The first-order valence-electron chi connectivity index (χ1n) is 13.0. The molecule has 11 nitrogen and oxygen atoms in total. The topological polar surface area (TPSA) is 129 Å². The van der Waals surface area contributed by atoms with Gasteiger partial charge in [0, 0.05) is 54.7 Å². The maximum atomic E-state index is 10.3. The second-order valence-electron chi connectivity index (χ2n) is 8.68. The van der Waals surface area contributed by atoms with Crippen molar-refractivity contribution in [2.45, 2.75) is 0 Å². The average molecular weight is 538 g/mol. The summed E-state index contributed by atoms with van der Waals surface area (Å²) in [6.45, 7) is 5.22. The van der Waals surface area contributed by atoms with E-state index in [2.05, 4.69) is 50.9 Å². The van der Waals surface area contributed by atoms with Crippen LogP contribution in [0.4, 0.5) is 5.69 Å². The van der Waals surface area contributed by atoms with Crippen LogP contribution >= 0.6 is 0 Å². The molecule has 0 spiro atoms. The fraction of sp³-hybridized carbons (Fsp3) is 0.393. The highest BCUT2D eigenvalue weighted by molar-refractivity contribution is 5.87. The summed E-state index contributed by atoms with van der Waals surface area (Å²) in [5.41, 5.74) is 2.05. The zero-order valence-corrected chi connectivity index (χ0v) is 21.9. The smallest absolute Gasteiger partial charge is 0.329 e. The molecule has 0 atom stereocenters. The molecule has 3 aromatic heterocycles. The Morgan fingerprint density at radius 1 is 0.795 bits per heavy atom. The van der Waals surface area contributed by atoms with Gasteiger partial charge in [0.1, 0.15) is 12.4 Å². The molecule has 4 aromatic rings. The van der Waals surface area contributed by atoms with Gasteiger partial charge in [-0.05, 0) is 35.7 Å². The Kier molecular flexibility index (Phi) is 11.4. The Labute approximate surface area is 227 Å².